The van der Waals surface area contributed by atoms with Gasteiger partial charge < -0.3 is 9.52 Å². The van der Waals surface area contributed by atoms with Gasteiger partial charge in [0.15, 0.2) is 5.69 Å². The Balaban J connectivity index is 2.27. The molecule has 1 saturated carbocycles. The maximum atomic E-state index is 10.5. The molecule has 1 heterocycles. The number of hydrogen-bond acceptors (Lipinski definition) is 3. The van der Waals surface area contributed by atoms with Crippen LogP contribution in [0.5, 0.6) is 0 Å². The van der Waals surface area contributed by atoms with E-state index in [9.17, 15) is 4.79 Å². The van der Waals surface area contributed by atoms with Crippen LogP contribution in [-0.4, -0.2) is 16.1 Å². The summed E-state index contributed by atoms with van der Waals surface area (Å²) in [6, 6.07) is 0. The topological polar surface area (TPSA) is 63.3 Å². The fourth-order valence-corrected chi connectivity index (χ4v) is 1.57. The number of aromatic carboxylic acids is 1. The molecule has 0 spiro atoms. The molecule has 4 nitrogen and oxygen atoms in total. The van der Waals surface area contributed by atoms with Crippen molar-refractivity contribution in [2.75, 3.05) is 0 Å². The van der Waals surface area contributed by atoms with Crippen molar-refractivity contribution in [2.24, 2.45) is 0 Å². The van der Waals surface area contributed by atoms with Gasteiger partial charge >= 0.3 is 5.97 Å². The second-order valence-corrected chi connectivity index (χ2v) is 3.76. The molecular formula is C9H11NO3. The zero-order valence-electron chi connectivity index (χ0n) is 7.41. The standard InChI is InChI=1S/C9H11NO3/c1-9(3-2-4-9)8-10-6(5-13-8)7(11)12/h5H,2-4H2,1H3,(H,11,12). The molecule has 0 bridgehead atoms. The maximum Gasteiger partial charge on any atom is 0.357 e. The first-order valence-corrected chi connectivity index (χ1v) is 4.31. The van der Waals surface area contributed by atoms with E-state index in [4.69, 9.17) is 9.52 Å². The van der Waals surface area contributed by atoms with Crippen molar-refractivity contribution >= 4 is 5.97 Å². The molecule has 0 saturated heterocycles. The monoisotopic (exact) mass is 181 g/mol. The van der Waals surface area contributed by atoms with E-state index in [1.165, 1.54) is 12.7 Å². The second-order valence-electron chi connectivity index (χ2n) is 3.76. The minimum atomic E-state index is -1.03. The Labute approximate surface area is 75.6 Å². The van der Waals surface area contributed by atoms with Crippen molar-refractivity contribution in [3.05, 3.63) is 17.8 Å². The minimum Gasteiger partial charge on any atom is -0.476 e. The number of aromatic nitrogens is 1. The number of carboxylic acid groups (broad SMARTS) is 1. The van der Waals surface area contributed by atoms with Crippen molar-refractivity contribution in [2.45, 2.75) is 31.6 Å². The number of carbonyl (C=O) groups is 1. The molecule has 2 rings (SSSR count). The largest absolute Gasteiger partial charge is 0.476 e. The Morgan fingerprint density at radius 1 is 1.69 bits per heavy atom. The third-order valence-corrected chi connectivity index (χ3v) is 2.70. The molecule has 0 aromatic carbocycles. The van der Waals surface area contributed by atoms with Crippen molar-refractivity contribution in [1.82, 2.24) is 4.98 Å². The maximum absolute atomic E-state index is 10.5. The Morgan fingerprint density at radius 3 is 2.77 bits per heavy atom. The van der Waals surface area contributed by atoms with E-state index in [0.29, 0.717) is 5.89 Å². The van der Waals surface area contributed by atoms with E-state index in [2.05, 4.69) is 4.98 Å². The van der Waals surface area contributed by atoms with Crippen LogP contribution in [0.15, 0.2) is 10.7 Å². The smallest absolute Gasteiger partial charge is 0.357 e. The van der Waals surface area contributed by atoms with Crippen LogP contribution >= 0.6 is 0 Å². The zero-order chi connectivity index (χ0) is 9.47. The fourth-order valence-electron chi connectivity index (χ4n) is 1.57. The van der Waals surface area contributed by atoms with Crippen LogP contribution < -0.4 is 0 Å². The van der Waals surface area contributed by atoms with Crippen molar-refractivity contribution in [1.29, 1.82) is 0 Å². The summed E-state index contributed by atoms with van der Waals surface area (Å²) in [6.45, 7) is 2.05. The highest BCUT2D eigenvalue weighted by Gasteiger charge is 2.38. The Bertz CT molecular complexity index is 338. The molecule has 0 amide bonds. The van der Waals surface area contributed by atoms with E-state index in [-0.39, 0.29) is 11.1 Å². The highest BCUT2D eigenvalue weighted by atomic mass is 16.4. The van der Waals surface area contributed by atoms with Gasteiger partial charge in [0, 0.05) is 5.41 Å². The van der Waals surface area contributed by atoms with Gasteiger partial charge in [-0.1, -0.05) is 13.3 Å². The lowest BCUT2D eigenvalue weighted by atomic mass is 9.70. The van der Waals surface area contributed by atoms with Gasteiger partial charge in [0.1, 0.15) is 6.26 Å². The fraction of sp³-hybridized carbons (Fsp3) is 0.556. The van der Waals surface area contributed by atoms with Crippen LogP contribution in [0.3, 0.4) is 0 Å². The molecule has 0 aliphatic heterocycles. The van der Waals surface area contributed by atoms with Gasteiger partial charge in [0.05, 0.1) is 0 Å². The number of oxazole rings is 1. The SMILES string of the molecule is CC1(c2nc(C(=O)O)co2)CCC1. The molecular weight excluding hydrogens is 170 g/mol. The van der Waals surface area contributed by atoms with Gasteiger partial charge in [0.2, 0.25) is 5.89 Å². The molecule has 1 aliphatic carbocycles. The highest BCUT2D eigenvalue weighted by molar-refractivity contribution is 5.84. The highest BCUT2D eigenvalue weighted by Crippen LogP contribution is 2.42. The molecule has 1 N–H and O–H groups in total. The minimum absolute atomic E-state index is 0.00289. The first-order valence-electron chi connectivity index (χ1n) is 4.31. The molecule has 1 aromatic heterocycles. The summed E-state index contributed by atoms with van der Waals surface area (Å²) in [5.41, 5.74) is -0.0172. The quantitative estimate of drug-likeness (QED) is 0.755. The summed E-state index contributed by atoms with van der Waals surface area (Å²) in [4.78, 5) is 14.5. The third kappa shape index (κ3) is 1.22. The predicted molar refractivity (Wildman–Crippen MR) is 44.7 cm³/mol. The van der Waals surface area contributed by atoms with E-state index in [0.717, 1.165) is 12.8 Å². The lowest BCUT2D eigenvalue weighted by molar-refractivity contribution is 0.0690. The zero-order valence-corrected chi connectivity index (χ0v) is 7.41. The summed E-state index contributed by atoms with van der Waals surface area (Å²) in [7, 11) is 0. The van der Waals surface area contributed by atoms with Gasteiger partial charge in [-0.3, -0.25) is 0 Å². The van der Waals surface area contributed by atoms with Crippen LogP contribution in [0.4, 0.5) is 0 Å². The van der Waals surface area contributed by atoms with Gasteiger partial charge in [-0.2, -0.15) is 0 Å². The number of carboxylic acids is 1. The van der Waals surface area contributed by atoms with E-state index in [1.54, 1.807) is 0 Å². The second kappa shape index (κ2) is 2.58. The van der Waals surface area contributed by atoms with Crippen LogP contribution in [-0.2, 0) is 5.41 Å². The third-order valence-electron chi connectivity index (χ3n) is 2.70. The molecule has 0 unspecified atom stereocenters. The Morgan fingerprint density at radius 2 is 2.38 bits per heavy atom. The summed E-state index contributed by atoms with van der Waals surface area (Å²) in [5.74, 6) is -0.464. The molecule has 1 fully saturated rings. The average Bonchev–Trinajstić information content (AvgIpc) is 2.48. The lowest BCUT2D eigenvalue weighted by Gasteiger charge is -2.34. The Kier molecular flexibility index (Phi) is 1.65. The normalized spacial score (nSPS) is 19.5. The average molecular weight is 181 g/mol. The molecule has 1 aromatic rings. The van der Waals surface area contributed by atoms with E-state index < -0.39 is 5.97 Å². The molecule has 0 atom stereocenters. The number of nitrogens with zero attached hydrogens (tertiary/aromatic N) is 1. The van der Waals surface area contributed by atoms with E-state index >= 15 is 0 Å². The van der Waals surface area contributed by atoms with Gasteiger partial charge in [-0.25, -0.2) is 9.78 Å². The summed E-state index contributed by atoms with van der Waals surface area (Å²) < 4.78 is 5.14. The van der Waals surface area contributed by atoms with Crippen molar-refractivity contribution in [3.8, 4) is 0 Å². The van der Waals surface area contributed by atoms with Gasteiger partial charge in [-0.15, -0.1) is 0 Å². The van der Waals surface area contributed by atoms with Crippen molar-refractivity contribution in [3.63, 3.8) is 0 Å². The summed E-state index contributed by atoms with van der Waals surface area (Å²) in [5, 5.41) is 8.63. The van der Waals surface area contributed by atoms with Crippen LogP contribution in [0, 0.1) is 0 Å². The lowest BCUT2D eigenvalue weighted by Crippen LogP contribution is -2.30. The van der Waals surface area contributed by atoms with Crippen LogP contribution in [0.25, 0.3) is 0 Å². The first kappa shape index (κ1) is 8.29. The van der Waals surface area contributed by atoms with Crippen LogP contribution in [0.1, 0.15) is 42.6 Å². The molecule has 4 heteroatoms. The molecule has 13 heavy (non-hydrogen) atoms. The number of rotatable bonds is 2. The summed E-state index contributed by atoms with van der Waals surface area (Å²) >= 11 is 0. The van der Waals surface area contributed by atoms with Crippen molar-refractivity contribution < 1.29 is 14.3 Å². The molecule has 0 radical (unpaired) electrons. The first-order chi connectivity index (χ1) is 6.12. The number of hydrogen-bond donors (Lipinski definition) is 1. The Hall–Kier alpha value is -1.32. The van der Waals surface area contributed by atoms with Gasteiger partial charge in [0.25, 0.3) is 0 Å². The molecule has 70 valence electrons. The molecule has 1 aliphatic rings. The summed E-state index contributed by atoms with van der Waals surface area (Å²) in [6.07, 6.45) is 4.45. The van der Waals surface area contributed by atoms with Gasteiger partial charge in [-0.05, 0) is 12.8 Å². The van der Waals surface area contributed by atoms with E-state index in [1.807, 2.05) is 6.92 Å². The van der Waals surface area contributed by atoms with Crippen LogP contribution in [0.2, 0.25) is 0 Å². The predicted octanol–water partition coefficient (Wildman–Crippen LogP) is 1.81.